The Bertz CT molecular complexity index is 525. The van der Waals surface area contributed by atoms with Crippen LogP contribution in [0.5, 0.6) is 0 Å². The molecule has 1 aromatic carbocycles. The summed E-state index contributed by atoms with van der Waals surface area (Å²) in [7, 11) is 0. The number of nitrogens with zero attached hydrogens (tertiary/aromatic N) is 1. The van der Waals surface area contributed by atoms with Crippen molar-refractivity contribution < 1.29 is 4.79 Å². The number of benzene rings is 1. The molecule has 0 radical (unpaired) electrons. The van der Waals surface area contributed by atoms with Crippen LogP contribution in [-0.4, -0.2) is 24.0 Å². The number of amides is 1. The number of carbonyl (C=O) groups excluding carboxylic acids is 1. The highest BCUT2D eigenvalue weighted by Crippen LogP contribution is 2.26. The Morgan fingerprint density at radius 2 is 2.25 bits per heavy atom. The summed E-state index contributed by atoms with van der Waals surface area (Å²) in [6.45, 7) is 7.41. The van der Waals surface area contributed by atoms with Crippen LogP contribution >= 0.6 is 23.2 Å². The van der Waals surface area contributed by atoms with Crippen molar-refractivity contribution in [1.29, 1.82) is 0 Å². The molecule has 1 heterocycles. The SMILES string of the molecule is C=C(C)[C@H](Cc1ccc(Cl)cc1Cl)C(=O)N1CCCN1. The summed E-state index contributed by atoms with van der Waals surface area (Å²) in [5, 5.41) is 2.87. The van der Waals surface area contributed by atoms with Crippen LogP contribution in [0.15, 0.2) is 30.4 Å². The van der Waals surface area contributed by atoms with Gasteiger partial charge in [0.15, 0.2) is 0 Å². The van der Waals surface area contributed by atoms with Crippen molar-refractivity contribution in [3.63, 3.8) is 0 Å². The Labute approximate surface area is 129 Å². The highest BCUT2D eigenvalue weighted by atomic mass is 35.5. The van der Waals surface area contributed by atoms with Crippen LogP contribution in [0.1, 0.15) is 18.9 Å². The van der Waals surface area contributed by atoms with Crippen LogP contribution in [-0.2, 0) is 11.2 Å². The van der Waals surface area contributed by atoms with Crippen molar-refractivity contribution in [3.05, 3.63) is 46.0 Å². The van der Waals surface area contributed by atoms with E-state index in [0.717, 1.165) is 30.6 Å². The minimum Gasteiger partial charge on any atom is -0.277 e. The standard InChI is InChI=1S/C15H18Cl2N2O/c1-10(2)13(15(20)19-7-3-6-18-19)8-11-4-5-12(16)9-14(11)17/h4-5,9,13,18H,1,3,6-8H2,2H3/t13-/m0/s1. The quantitative estimate of drug-likeness (QED) is 0.863. The minimum absolute atomic E-state index is 0.0565. The van der Waals surface area contributed by atoms with Crippen molar-refractivity contribution in [2.45, 2.75) is 19.8 Å². The van der Waals surface area contributed by atoms with Gasteiger partial charge in [-0.2, -0.15) is 0 Å². The maximum atomic E-state index is 12.5. The van der Waals surface area contributed by atoms with Crippen molar-refractivity contribution in [2.75, 3.05) is 13.1 Å². The molecule has 0 aliphatic carbocycles. The molecule has 3 nitrogen and oxygen atoms in total. The number of hydrogen-bond donors (Lipinski definition) is 1. The molecule has 1 N–H and O–H groups in total. The lowest BCUT2D eigenvalue weighted by Crippen LogP contribution is -2.41. The van der Waals surface area contributed by atoms with E-state index >= 15 is 0 Å². The maximum Gasteiger partial charge on any atom is 0.244 e. The summed E-state index contributed by atoms with van der Waals surface area (Å²) in [6, 6.07) is 5.36. The van der Waals surface area contributed by atoms with Crippen LogP contribution < -0.4 is 5.43 Å². The van der Waals surface area contributed by atoms with Crippen molar-refractivity contribution in [1.82, 2.24) is 10.4 Å². The normalized spacial score (nSPS) is 16.2. The van der Waals surface area contributed by atoms with E-state index in [-0.39, 0.29) is 11.8 Å². The van der Waals surface area contributed by atoms with Crippen LogP contribution in [0.25, 0.3) is 0 Å². The summed E-state index contributed by atoms with van der Waals surface area (Å²) in [4.78, 5) is 12.5. The first-order valence-corrected chi connectivity index (χ1v) is 7.39. The van der Waals surface area contributed by atoms with Gasteiger partial charge in [-0.05, 0) is 37.5 Å². The summed E-state index contributed by atoms with van der Waals surface area (Å²) in [5.41, 5.74) is 4.85. The monoisotopic (exact) mass is 312 g/mol. The molecule has 108 valence electrons. The molecular weight excluding hydrogens is 295 g/mol. The van der Waals surface area contributed by atoms with Crippen molar-refractivity contribution in [2.24, 2.45) is 5.92 Å². The van der Waals surface area contributed by atoms with Gasteiger partial charge in [0.25, 0.3) is 0 Å². The van der Waals surface area contributed by atoms with Gasteiger partial charge in [0.1, 0.15) is 0 Å². The Morgan fingerprint density at radius 1 is 1.50 bits per heavy atom. The van der Waals surface area contributed by atoms with E-state index in [1.165, 1.54) is 0 Å². The largest absolute Gasteiger partial charge is 0.277 e. The number of halogens is 2. The lowest BCUT2D eigenvalue weighted by Gasteiger charge is -2.23. The minimum atomic E-state index is -0.265. The molecule has 1 atom stereocenters. The van der Waals surface area contributed by atoms with E-state index < -0.39 is 0 Å². The zero-order valence-electron chi connectivity index (χ0n) is 11.5. The highest BCUT2D eigenvalue weighted by Gasteiger charge is 2.27. The van der Waals surface area contributed by atoms with Crippen molar-refractivity contribution in [3.8, 4) is 0 Å². The molecule has 5 heteroatoms. The Kier molecular flexibility index (Phi) is 5.08. The van der Waals surface area contributed by atoms with E-state index in [1.807, 2.05) is 13.0 Å². The number of hydrogen-bond acceptors (Lipinski definition) is 2. The zero-order chi connectivity index (χ0) is 14.7. The third kappa shape index (κ3) is 3.54. The van der Waals surface area contributed by atoms with E-state index in [2.05, 4.69) is 12.0 Å². The number of rotatable bonds is 4. The number of hydrazine groups is 1. The molecule has 1 amide bonds. The molecule has 0 saturated carbocycles. The highest BCUT2D eigenvalue weighted by molar-refractivity contribution is 6.35. The molecule has 0 unspecified atom stereocenters. The van der Waals surface area contributed by atoms with Gasteiger partial charge in [0.05, 0.1) is 5.92 Å². The first-order chi connectivity index (χ1) is 9.49. The summed E-state index contributed by atoms with van der Waals surface area (Å²) in [5.74, 6) is -0.208. The first kappa shape index (κ1) is 15.4. The smallest absolute Gasteiger partial charge is 0.244 e. The van der Waals surface area contributed by atoms with Gasteiger partial charge in [0.2, 0.25) is 5.91 Å². The Balaban J connectivity index is 2.16. The van der Waals surface area contributed by atoms with E-state index in [0.29, 0.717) is 16.5 Å². The Morgan fingerprint density at radius 3 is 2.80 bits per heavy atom. The van der Waals surface area contributed by atoms with Crippen LogP contribution in [0.4, 0.5) is 0 Å². The van der Waals surface area contributed by atoms with Gasteiger partial charge < -0.3 is 0 Å². The lowest BCUT2D eigenvalue weighted by atomic mass is 9.92. The van der Waals surface area contributed by atoms with Crippen LogP contribution in [0, 0.1) is 5.92 Å². The van der Waals surface area contributed by atoms with Gasteiger partial charge in [-0.25, -0.2) is 5.43 Å². The molecule has 1 aliphatic rings. The van der Waals surface area contributed by atoms with Crippen LogP contribution in [0.3, 0.4) is 0 Å². The predicted molar refractivity (Wildman–Crippen MR) is 82.8 cm³/mol. The fraction of sp³-hybridized carbons (Fsp3) is 0.400. The van der Waals surface area contributed by atoms with Gasteiger partial charge in [-0.1, -0.05) is 41.4 Å². The van der Waals surface area contributed by atoms with Gasteiger partial charge in [-0.15, -0.1) is 0 Å². The molecule has 1 aromatic rings. The second-order valence-corrected chi connectivity index (χ2v) is 5.93. The fourth-order valence-electron chi connectivity index (χ4n) is 2.29. The molecule has 20 heavy (non-hydrogen) atoms. The number of nitrogens with one attached hydrogen (secondary N) is 1. The molecular formula is C15H18Cl2N2O. The molecule has 1 saturated heterocycles. The fourth-order valence-corrected chi connectivity index (χ4v) is 2.77. The second kappa shape index (κ2) is 6.61. The van der Waals surface area contributed by atoms with E-state index in [9.17, 15) is 4.79 Å². The zero-order valence-corrected chi connectivity index (χ0v) is 13.0. The average molecular weight is 313 g/mol. The lowest BCUT2D eigenvalue weighted by molar-refractivity contribution is -0.135. The number of carbonyl (C=O) groups is 1. The van der Waals surface area contributed by atoms with Crippen molar-refractivity contribution >= 4 is 29.1 Å². The molecule has 1 aliphatic heterocycles. The van der Waals surface area contributed by atoms with Gasteiger partial charge in [0, 0.05) is 23.1 Å². The Hall–Kier alpha value is -1.03. The van der Waals surface area contributed by atoms with Crippen LogP contribution in [0.2, 0.25) is 10.0 Å². The van der Waals surface area contributed by atoms with Gasteiger partial charge in [-0.3, -0.25) is 9.80 Å². The van der Waals surface area contributed by atoms with Gasteiger partial charge >= 0.3 is 0 Å². The second-order valence-electron chi connectivity index (χ2n) is 5.09. The third-order valence-electron chi connectivity index (χ3n) is 3.46. The summed E-state index contributed by atoms with van der Waals surface area (Å²) in [6.07, 6.45) is 1.53. The predicted octanol–water partition coefficient (Wildman–Crippen LogP) is 3.47. The topological polar surface area (TPSA) is 32.3 Å². The maximum absolute atomic E-state index is 12.5. The molecule has 0 aromatic heterocycles. The van der Waals surface area contributed by atoms with E-state index in [4.69, 9.17) is 23.2 Å². The molecule has 0 bridgehead atoms. The first-order valence-electron chi connectivity index (χ1n) is 6.63. The molecule has 1 fully saturated rings. The van der Waals surface area contributed by atoms with E-state index in [1.54, 1.807) is 17.1 Å². The average Bonchev–Trinajstić information content (AvgIpc) is 2.90. The molecule has 2 rings (SSSR count). The summed E-state index contributed by atoms with van der Waals surface area (Å²) < 4.78 is 0. The molecule has 0 spiro atoms. The summed E-state index contributed by atoms with van der Waals surface area (Å²) >= 11 is 12.1. The third-order valence-corrected chi connectivity index (χ3v) is 4.05.